The fourth-order valence-electron chi connectivity index (χ4n) is 2.24. The quantitative estimate of drug-likeness (QED) is 0.820. The van der Waals surface area contributed by atoms with Crippen LogP contribution >= 0.6 is 0 Å². The molecule has 1 atom stereocenters. The van der Waals surface area contributed by atoms with Crippen molar-refractivity contribution in [3.8, 4) is 0 Å². The van der Waals surface area contributed by atoms with Gasteiger partial charge in [0, 0.05) is 11.6 Å². The van der Waals surface area contributed by atoms with Gasteiger partial charge in [-0.15, -0.1) is 0 Å². The number of hydrogen-bond donors (Lipinski definition) is 2. The molecule has 1 aromatic rings. The first kappa shape index (κ1) is 16.9. The Balaban J connectivity index is 2.43. The van der Waals surface area contributed by atoms with Crippen LogP contribution in [-0.2, 0) is 14.8 Å². The molecule has 0 saturated heterocycles. The van der Waals surface area contributed by atoms with E-state index < -0.39 is 39.9 Å². The van der Waals surface area contributed by atoms with Gasteiger partial charge >= 0.3 is 5.97 Å². The van der Waals surface area contributed by atoms with E-state index in [1.807, 2.05) is 0 Å². The molecule has 0 aliphatic carbocycles. The standard InChI is InChI=1S/C14H16N2O6S/c1-7(2)16-13(18)10-5-4-9(6-11(10)23(16,21)22)12(17)15-8(3)14(19)20/h4-8H,1-3H3,(H,15,17)(H,19,20). The maximum atomic E-state index is 12.4. The molecule has 0 spiro atoms. The number of aliphatic carboxylic acids is 1. The van der Waals surface area contributed by atoms with Crippen molar-refractivity contribution in [1.29, 1.82) is 0 Å². The van der Waals surface area contributed by atoms with E-state index in [-0.39, 0.29) is 16.0 Å². The van der Waals surface area contributed by atoms with Crippen LogP contribution in [0.1, 0.15) is 41.5 Å². The molecule has 8 nitrogen and oxygen atoms in total. The zero-order chi connectivity index (χ0) is 17.5. The average molecular weight is 340 g/mol. The molecule has 0 bridgehead atoms. The summed E-state index contributed by atoms with van der Waals surface area (Å²) in [7, 11) is -4.01. The van der Waals surface area contributed by atoms with Gasteiger partial charge in [-0.2, -0.15) is 0 Å². The Morgan fingerprint density at radius 1 is 1.22 bits per heavy atom. The van der Waals surface area contributed by atoms with Crippen LogP contribution in [0.2, 0.25) is 0 Å². The predicted octanol–water partition coefficient (Wildman–Crippen LogP) is 0.442. The summed E-state index contributed by atoms with van der Waals surface area (Å²) in [5.74, 6) is -2.58. The van der Waals surface area contributed by atoms with Crippen LogP contribution in [0.25, 0.3) is 0 Å². The van der Waals surface area contributed by atoms with Gasteiger partial charge in [0.25, 0.3) is 21.8 Å². The molecule has 1 unspecified atom stereocenters. The minimum atomic E-state index is -4.01. The molecular formula is C14H16N2O6S. The van der Waals surface area contributed by atoms with Gasteiger partial charge in [-0.05, 0) is 39.0 Å². The van der Waals surface area contributed by atoms with Crippen molar-refractivity contribution in [2.45, 2.75) is 37.8 Å². The van der Waals surface area contributed by atoms with Gasteiger partial charge in [-0.25, -0.2) is 12.7 Å². The number of nitrogens with zero attached hydrogens (tertiary/aromatic N) is 1. The number of carboxylic acids is 1. The van der Waals surface area contributed by atoms with Crippen molar-refractivity contribution in [1.82, 2.24) is 9.62 Å². The number of carboxylic acid groups (broad SMARTS) is 1. The molecule has 0 saturated carbocycles. The second-order valence-corrected chi connectivity index (χ2v) is 7.23. The highest BCUT2D eigenvalue weighted by Crippen LogP contribution is 2.32. The zero-order valence-corrected chi connectivity index (χ0v) is 13.5. The Hall–Kier alpha value is -2.42. The van der Waals surface area contributed by atoms with Gasteiger partial charge in [0.05, 0.1) is 5.56 Å². The molecule has 9 heteroatoms. The maximum Gasteiger partial charge on any atom is 0.325 e. The SMILES string of the molecule is CC(NC(=O)c1ccc2c(c1)S(=O)(=O)N(C(C)C)C2=O)C(=O)O. The van der Waals surface area contributed by atoms with E-state index in [0.717, 1.165) is 10.4 Å². The Morgan fingerprint density at radius 3 is 2.35 bits per heavy atom. The topological polar surface area (TPSA) is 121 Å². The van der Waals surface area contributed by atoms with Gasteiger partial charge in [0.2, 0.25) is 0 Å². The second-order valence-electron chi connectivity index (χ2n) is 5.44. The fraction of sp³-hybridized carbons (Fsp3) is 0.357. The summed E-state index contributed by atoms with van der Waals surface area (Å²) in [5, 5.41) is 11.0. The summed E-state index contributed by atoms with van der Waals surface area (Å²) in [5.41, 5.74) is -0.0274. The molecule has 0 radical (unpaired) electrons. The van der Waals surface area contributed by atoms with E-state index in [4.69, 9.17) is 5.11 Å². The molecule has 1 aromatic carbocycles. The van der Waals surface area contributed by atoms with Gasteiger partial charge in [-0.1, -0.05) is 0 Å². The smallest absolute Gasteiger partial charge is 0.325 e. The summed E-state index contributed by atoms with van der Waals surface area (Å²) in [6.07, 6.45) is 0. The van der Waals surface area contributed by atoms with Gasteiger partial charge in [0.1, 0.15) is 10.9 Å². The minimum Gasteiger partial charge on any atom is -0.480 e. The van der Waals surface area contributed by atoms with Gasteiger partial charge in [0.15, 0.2) is 0 Å². The molecule has 0 aromatic heterocycles. The van der Waals surface area contributed by atoms with E-state index in [1.165, 1.54) is 19.1 Å². The molecule has 1 heterocycles. The first-order valence-electron chi connectivity index (χ1n) is 6.84. The van der Waals surface area contributed by atoms with Crippen LogP contribution in [-0.4, -0.2) is 47.7 Å². The molecule has 1 aliphatic heterocycles. The fourth-order valence-corrected chi connectivity index (χ4v) is 4.03. The number of fused-ring (bicyclic) bond motifs is 1. The normalized spacial score (nSPS) is 17.0. The van der Waals surface area contributed by atoms with E-state index in [2.05, 4.69) is 5.32 Å². The predicted molar refractivity (Wildman–Crippen MR) is 79.5 cm³/mol. The Morgan fingerprint density at radius 2 is 1.83 bits per heavy atom. The molecule has 0 fully saturated rings. The first-order chi connectivity index (χ1) is 10.6. The molecule has 23 heavy (non-hydrogen) atoms. The van der Waals surface area contributed by atoms with Gasteiger partial charge < -0.3 is 10.4 Å². The van der Waals surface area contributed by atoms with Crippen molar-refractivity contribution in [3.63, 3.8) is 0 Å². The largest absolute Gasteiger partial charge is 0.480 e. The first-order valence-corrected chi connectivity index (χ1v) is 8.28. The third kappa shape index (κ3) is 2.79. The molecular weight excluding hydrogens is 324 g/mol. The number of rotatable bonds is 4. The van der Waals surface area contributed by atoms with Crippen LogP contribution in [0, 0.1) is 0 Å². The minimum absolute atomic E-state index is 0.00142. The number of sulfonamides is 1. The highest BCUT2D eigenvalue weighted by molar-refractivity contribution is 7.90. The summed E-state index contributed by atoms with van der Waals surface area (Å²) < 4.78 is 25.6. The molecule has 2 N–H and O–H groups in total. The van der Waals surface area contributed by atoms with E-state index in [9.17, 15) is 22.8 Å². The highest BCUT2D eigenvalue weighted by Gasteiger charge is 2.42. The summed E-state index contributed by atoms with van der Waals surface area (Å²) >= 11 is 0. The average Bonchev–Trinajstić information content (AvgIpc) is 2.65. The second kappa shape index (κ2) is 5.65. The van der Waals surface area contributed by atoms with E-state index >= 15 is 0 Å². The van der Waals surface area contributed by atoms with Crippen molar-refractivity contribution >= 4 is 27.8 Å². The number of benzene rings is 1. The molecule has 2 rings (SSSR count). The van der Waals surface area contributed by atoms with Crippen LogP contribution in [0.3, 0.4) is 0 Å². The number of nitrogens with one attached hydrogen (secondary N) is 1. The lowest BCUT2D eigenvalue weighted by Crippen LogP contribution is -2.38. The van der Waals surface area contributed by atoms with Crippen molar-refractivity contribution in [2.24, 2.45) is 0 Å². The molecule has 2 amide bonds. The summed E-state index contributed by atoms with van der Waals surface area (Å²) in [6, 6.07) is 1.97. The van der Waals surface area contributed by atoms with Crippen molar-refractivity contribution in [3.05, 3.63) is 29.3 Å². The van der Waals surface area contributed by atoms with Crippen LogP contribution in [0.15, 0.2) is 23.1 Å². The van der Waals surface area contributed by atoms with E-state index in [0.29, 0.717) is 0 Å². The van der Waals surface area contributed by atoms with Crippen molar-refractivity contribution in [2.75, 3.05) is 0 Å². The van der Waals surface area contributed by atoms with Gasteiger partial charge in [-0.3, -0.25) is 14.4 Å². The Bertz CT molecular complexity index is 799. The van der Waals surface area contributed by atoms with Crippen molar-refractivity contribution < 1.29 is 27.9 Å². The van der Waals surface area contributed by atoms with E-state index in [1.54, 1.807) is 13.8 Å². The number of hydrogen-bond acceptors (Lipinski definition) is 5. The van der Waals surface area contributed by atoms with Crippen LogP contribution in [0.4, 0.5) is 0 Å². The highest BCUT2D eigenvalue weighted by atomic mass is 32.2. The van der Waals surface area contributed by atoms with Crippen LogP contribution in [0.5, 0.6) is 0 Å². The monoisotopic (exact) mass is 340 g/mol. The maximum absolute atomic E-state index is 12.4. The lowest BCUT2D eigenvalue weighted by molar-refractivity contribution is -0.138. The third-order valence-corrected chi connectivity index (χ3v) is 5.40. The molecule has 124 valence electrons. The number of carbonyl (C=O) groups excluding carboxylic acids is 2. The third-order valence-electron chi connectivity index (χ3n) is 3.40. The zero-order valence-electron chi connectivity index (χ0n) is 12.7. The number of carbonyl (C=O) groups is 3. The Kier molecular flexibility index (Phi) is 4.16. The van der Waals surface area contributed by atoms with Crippen LogP contribution < -0.4 is 5.32 Å². The lowest BCUT2D eigenvalue weighted by atomic mass is 10.1. The number of amides is 2. The molecule has 1 aliphatic rings. The summed E-state index contributed by atoms with van der Waals surface area (Å²) in [4.78, 5) is 34.7. The lowest BCUT2D eigenvalue weighted by Gasteiger charge is -2.18. The Labute approximate surface area is 133 Å². The summed E-state index contributed by atoms with van der Waals surface area (Å²) in [6.45, 7) is 4.43.